The highest BCUT2D eigenvalue weighted by molar-refractivity contribution is 7.85. The van der Waals surface area contributed by atoms with E-state index in [2.05, 4.69) is 5.32 Å². The topological polar surface area (TPSA) is 77.8 Å². The summed E-state index contributed by atoms with van der Waals surface area (Å²) in [7, 11) is 0.142. The monoisotopic (exact) mass is 455 g/mol. The van der Waals surface area contributed by atoms with Gasteiger partial charge in [0.1, 0.15) is 17.1 Å². The van der Waals surface area contributed by atoms with Gasteiger partial charge in [0, 0.05) is 10.6 Å². The molecule has 3 aromatic rings. The van der Waals surface area contributed by atoms with Gasteiger partial charge in [-0.25, -0.2) is 4.21 Å². The lowest BCUT2D eigenvalue weighted by molar-refractivity contribution is -0.155. The molecular weight excluding hydrogens is 426 g/mol. The van der Waals surface area contributed by atoms with Crippen LogP contribution in [0.5, 0.6) is 5.75 Å². The van der Waals surface area contributed by atoms with Crippen molar-refractivity contribution >= 4 is 22.5 Å². The number of aryl methyl sites for hydroxylation is 1. The van der Waals surface area contributed by atoms with Crippen LogP contribution in [0.25, 0.3) is 0 Å². The van der Waals surface area contributed by atoms with Gasteiger partial charge in [-0.15, -0.1) is 0 Å². The molecule has 0 saturated carbocycles. The van der Waals surface area contributed by atoms with Gasteiger partial charge in [0.15, 0.2) is 0 Å². The van der Waals surface area contributed by atoms with Crippen LogP contribution in [-0.2, 0) is 20.3 Å². The molecule has 170 valence electrons. The number of ether oxygens (including phenoxy) is 2. The van der Waals surface area contributed by atoms with Crippen molar-refractivity contribution in [3.63, 3.8) is 0 Å². The zero-order chi connectivity index (χ0) is 23.3. The summed E-state index contributed by atoms with van der Waals surface area (Å²) < 4.78 is 29.8. The van der Waals surface area contributed by atoms with Gasteiger partial charge in [0.05, 0.1) is 41.5 Å². The zero-order valence-electron chi connectivity index (χ0n) is 19.0. The van der Waals surface area contributed by atoms with Crippen LogP contribution in [-0.4, -0.2) is 22.9 Å². The first-order valence-electron chi connectivity index (χ1n) is 10.3. The molecule has 6 nitrogen and oxygen atoms in total. The van der Waals surface area contributed by atoms with Crippen LogP contribution in [0, 0.1) is 6.92 Å². The molecule has 2 aromatic carbocycles. The molecule has 0 unspecified atom stereocenters. The van der Waals surface area contributed by atoms with Crippen molar-refractivity contribution in [2.75, 3.05) is 12.4 Å². The Morgan fingerprint density at radius 2 is 1.72 bits per heavy atom. The lowest BCUT2D eigenvalue weighted by Gasteiger charge is -2.23. The van der Waals surface area contributed by atoms with E-state index < -0.39 is 22.4 Å². The molecule has 32 heavy (non-hydrogen) atoms. The highest BCUT2D eigenvalue weighted by Crippen LogP contribution is 2.32. The molecule has 3 rings (SSSR count). The standard InChI is InChI=1S/C25H29NO5S/c1-17-6-12-20(13-7-17)32(28)22-14-15-30-24(22)21(16-23(27)31-25(2,3)4)26-18-8-10-19(29-5)11-9-18/h6-15,21,26H,16H2,1-5H3/t21-,32+/m1/s1. The summed E-state index contributed by atoms with van der Waals surface area (Å²) in [5, 5.41) is 3.32. The Kier molecular flexibility index (Phi) is 7.40. The molecule has 1 heterocycles. The van der Waals surface area contributed by atoms with Gasteiger partial charge in [-0.05, 0) is 70.2 Å². The van der Waals surface area contributed by atoms with Crippen LogP contribution in [0.3, 0.4) is 0 Å². The first kappa shape index (κ1) is 23.6. The average Bonchev–Trinajstić information content (AvgIpc) is 3.22. The van der Waals surface area contributed by atoms with Gasteiger partial charge < -0.3 is 19.2 Å². The fourth-order valence-corrected chi connectivity index (χ4v) is 4.34. The Morgan fingerprint density at radius 1 is 1.06 bits per heavy atom. The summed E-state index contributed by atoms with van der Waals surface area (Å²) in [5.41, 5.74) is 1.24. The second-order valence-corrected chi connectivity index (χ2v) is 9.90. The fraction of sp³-hybridized carbons (Fsp3) is 0.320. The molecule has 1 N–H and O–H groups in total. The van der Waals surface area contributed by atoms with Crippen molar-refractivity contribution in [2.24, 2.45) is 0 Å². The van der Waals surface area contributed by atoms with Crippen molar-refractivity contribution < 1.29 is 22.9 Å². The summed E-state index contributed by atoms with van der Waals surface area (Å²) in [6.45, 7) is 7.44. The van der Waals surface area contributed by atoms with Crippen molar-refractivity contribution in [3.05, 3.63) is 72.2 Å². The number of nitrogens with one attached hydrogen (secondary N) is 1. The first-order chi connectivity index (χ1) is 15.2. The lowest BCUT2D eigenvalue weighted by atomic mass is 10.1. The number of carbonyl (C=O) groups is 1. The van der Waals surface area contributed by atoms with E-state index in [1.807, 2.05) is 76.2 Å². The van der Waals surface area contributed by atoms with Crippen molar-refractivity contribution in [1.82, 2.24) is 0 Å². The van der Waals surface area contributed by atoms with E-state index in [0.717, 1.165) is 17.0 Å². The largest absolute Gasteiger partial charge is 0.497 e. The molecule has 0 amide bonds. The number of carbonyl (C=O) groups excluding carboxylic acids is 1. The quantitative estimate of drug-likeness (QED) is 0.442. The predicted octanol–water partition coefficient (Wildman–Crippen LogP) is 5.65. The van der Waals surface area contributed by atoms with Gasteiger partial charge in [-0.3, -0.25) is 4.79 Å². The molecule has 0 saturated heterocycles. The predicted molar refractivity (Wildman–Crippen MR) is 124 cm³/mol. The number of rotatable bonds is 8. The molecule has 0 spiro atoms. The fourth-order valence-electron chi connectivity index (χ4n) is 3.15. The Labute approximate surface area is 191 Å². The first-order valence-corrected chi connectivity index (χ1v) is 11.5. The number of furan rings is 1. The van der Waals surface area contributed by atoms with Crippen LogP contribution in [0.1, 0.15) is 44.6 Å². The summed E-state index contributed by atoms with van der Waals surface area (Å²) >= 11 is 0. The molecule has 7 heteroatoms. The van der Waals surface area contributed by atoms with Gasteiger partial charge in [-0.1, -0.05) is 17.7 Å². The number of hydrogen-bond acceptors (Lipinski definition) is 6. The van der Waals surface area contributed by atoms with E-state index in [1.165, 1.54) is 6.26 Å². The van der Waals surface area contributed by atoms with Crippen LogP contribution < -0.4 is 10.1 Å². The maximum absolute atomic E-state index is 13.3. The minimum Gasteiger partial charge on any atom is -0.497 e. The Bertz CT molecular complexity index is 1060. The number of anilines is 1. The summed E-state index contributed by atoms with van der Waals surface area (Å²) in [5.74, 6) is 0.774. The minimum absolute atomic E-state index is 0.00884. The number of esters is 1. The van der Waals surface area contributed by atoms with Gasteiger partial charge in [0.2, 0.25) is 0 Å². The second-order valence-electron chi connectivity index (χ2n) is 8.45. The Hall–Kier alpha value is -3.06. The Balaban J connectivity index is 1.92. The molecular formula is C25H29NO5S. The molecule has 0 radical (unpaired) electrons. The van der Waals surface area contributed by atoms with Crippen molar-refractivity contribution in [2.45, 2.75) is 55.5 Å². The van der Waals surface area contributed by atoms with Crippen LogP contribution in [0.2, 0.25) is 0 Å². The zero-order valence-corrected chi connectivity index (χ0v) is 19.8. The van der Waals surface area contributed by atoms with Gasteiger partial charge in [-0.2, -0.15) is 0 Å². The maximum Gasteiger partial charge on any atom is 0.308 e. The smallest absolute Gasteiger partial charge is 0.308 e. The average molecular weight is 456 g/mol. The van der Waals surface area contributed by atoms with E-state index in [-0.39, 0.29) is 12.4 Å². The van der Waals surface area contributed by atoms with Crippen LogP contribution in [0.4, 0.5) is 5.69 Å². The molecule has 0 aliphatic rings. The van der Waals surface area contributed by atoms with E-state index >= 15 is 0 Å². The molecule has 0 aliphatic carbocycles. The summed E-state index contributed by atoms with van der Waals surface area (Å²) in [6.07, 6.45) is 1.50. The second kappa shape index (κ2) is 10.0. The minimum atomic E-state index is -1.46. The van der Waals surface area contributed by atoms with Gasteiger partial charge in [0.25, 0.3) is 0 Å². The molecule has 0 fully saturated rings. The van der Waals surface area contributed by atoms with Crippen LogP contribution in [0.15, 0.2) is 75.1 Å². The van der Waals surface area contributed by atoms with E-state index in [1.54, 1.807) is 13.2 Å². The summed E-state index contributed by atoms with van der Waals surface area (Å²) in [4.78, 5) is 13.8. The molecule has 1 aromatic heterocycles. The molecule has 0 bridgehead atoms. The third kappa shape index (κ3) is 6.23. The van der Waals surface area contributed by atoms with E-state index in [9.17, 15) is 9.00 Å². The van der Waals surface area contributed by atoms with E-state index in [4.69, 9.17) is 13.9 Å². The Morgan fingerprint density at radius 3 is 2.31 bits per heavy atom. The van der Waals surface area contributed by atoms with E-state index in [0.29, 0.717) is 15.6 Å². The number of methoxy groups -OCH3 is 1. The molecule has 0 aliphatic heterocycles. The lowest BCUT2D eigenvalue weighted by Crippen LogP contribution is -2.26. The van der Waals surface area contributed by atoms with Gasteiger partial charge >= 0.3 is 5.97 Å². The molecule has 2 atom stereocenters. The van der Waals surface area contributed by atoms with Crippen LogP contribution >= 0.6 is 0 Å². The normalized spacial score (nSPS) is 13.3. The van der Waals surface area contributed by atoms with Crippen molar-refractivity contribution in [3.8, 4) is 5.75 Å². The number of benzene rings is 2. The highest BCUT2D eigenvalue weighted by atomic mass is 32.2. The third-order valence-corrected chi connectivity index (χ3v) is 6.07. The highest BCUT2D eigenvalue weighted by Gasteiger charge is 2.28. The number of hydrogen-bond donors (Lipinski definition) is 1. The maximum atomic E-state index is 13.3. The third-order valence-electron chi connectivity index (χ3n) is 4.63. The van der Waals surface area contributed by atoms with Crippen molar-refractivity contribution in [1.29, 1.82) is 0 Å². The SMILES string of the molecule is COc1ccc(N[C@H](CC(=O)OC(C)(C)C)c2occc2[S@@](=O)c2ccc(C)cc2)cc1. The summed E-state index contributed by atoms with van der Waals surface area (Å²) in [6, 6.07) is 16.0.